The molecule has 0 amide bonds. The number of thiophene rings is 1. The van der Waals surface area contributed by atoms with Crippen LogP contribution in [0.4, 0.5) is 0 Å². The molecule has 1 atom stereocenters. The van der Waals surface area contributed by atoms with Crippen LogP contribution in [0.1, 0.15) is 15.4 Å². The highest BCUT2D eigenvalue weighted by atomic mass is 32.1. The van der Waals surface area contributed by atoms with Crippen molar-refractivity contribution in [3.63, 3.8) is 0 Å². The molecule has 1 unspecified atom stereocenters. The molecule has 0 saturated heterocycles. The second kappa shape index (κ2) is 11.2. The standard InChI is InChI=1S/C33H25NO3S2/c35-33(36)28(20-22-6-2-1-3-7-22)37-26-16-14-24(15-17-26)23-10-12-25(13-11-23)32-27-8-4-5-9-29(27)39-30(32)21-31-34-18-19-38-31/h1-19,28H,20-21H2,(H,35,36). The Hall–Kier alpha value is -4.26. The van der Waals surface area contributed by atoms with E-state index in [0.29, 0.717) is 12.2 Å². The minimum absolute atomic E-state index is 0.307. The number of ether oxygens (including phenoxy) is 1. The Morgan fingerprint density at radius 3 is 2.18 bits per heavy atom. The van der Waals surface area contributed by atoms with Gasteiger partial charge in [-0.15, -0.1) is 22.7 Å². The summed E-state index contributed by atoms with van der Waals surface area (Å²) in [5.74, 6) is -0.441. The first-order chi connectivity index (χ1) is 19.1. The molecular weight excluding hydrogens is 523 g/mol. The fourth-order valence-corrected chi connectivity index (χ4v) is 6.69. The number of hydrogen-bond acceptors (Lipinski definition) is 5. The normalized spacial score (nSPS) is 11.9. The predicted octanol–water partition coefficient (Wildman–Crippen LogP) is 8.36. The van der Waals surface area contributed by atoms with Gasteiger partial charge in [0.2, 0.25) is 0 Å². The van der Waals surface area contributed by atoms with Crippen LogP contribution < -0.4 is 4.74 Å². The van der Waals surface area contributed by atoms with Crippen molar-refractivity contribution in [2.45, 2.75) is 18.9 Å². The SMILES string of the molecule is O=C(O)C(Cc1ccccc1)Oc1ccc(-c2ccc(-c3c(Cc4nccs4)sc4ccccc34)cc2)cc1. The van der Waals surface area contributed by atoms with Crippen LogP contribution in [0.25, 0.3) is 32.3 Å². The zero-order chi connectivity index (χ0) is 26.6. The van der Waals surface area contributed by atoms with Crippen molar-refractivity contribution in [2.75, 3.05) is 0 Å². The third-order valence-electron chi connectivity index (χ3n) is 6.64. The van der Waals surface area contributed by atoms with E-state index in [1.165, 1.54) is 26.1 Å². The van der Waals surface area contributed by atoms with Gasteiger partial charge in [-0.05, 0) is 40.5 Å². The second-order valence-corrected chi connectivity index (χ2v) is 11.4. The molecule has 0 aliphatic rings. The molecule has 6 rings (SSSR count). The Balaban J connectivity index is 1.22. The molecule has 4 nitrogen and oxygen atoms in total. The van der Waals surface area contributed by atoms with Crippen LogP contribution in [0.2, 0.25) is 0 Å². The lowest BCUT2D eigenvalue weighted by Gasteiger charge is -2.15. The van der Waals surface area contributed by atoms with Gasteiger partial charge in [-0.25, -0.2) is 9.78 Å². The zero-order valence-electron chi connectivity index (χ0n) is 21.0. The van der Waals surface area contributed by atoms with Crippen LogP contribution in [0, 0.1) is 0 Å². The van der Waals surface area contributed by atoms with Gasteiger partial charge >= 0.3 is 5.97 Å². The van der Waals surface area contributed by atoms with E-state index in [9.17, 15) is 9.90 Å². The molecule has 2 aromatic heterocycles. The quantitative estimate of drug-likeness (QED) is 0.198. The van der Waals surface area contributed by atoms with Crippen molar-refractivity contribution in [3.05, 3.63) is 130 Å². The molecule has 39 heavy (non-hydrogen) atoms. The number of aromatic nitrogens is 1. The highest BCUT2D eigenvalue weighted by Gasteiger charge is 2.20. The molecule has 4 aromatic carbocycles. The maximum absolute atomic E-state index is 11.8. The maximum Gasteiger partial charge on any atom is 0.345 e. The summed E-state index contributed by atoms with van der Waals surface area (Å²) in [6.45, 7) is 0. The molecule has 2 heterocycles. The summed E-state index contributed by atoms with van der Waals surface area (Å²) in [5, 5.41) is 14.1. The topological polar surface area (TPSA) is 59.4 Å². The van der Waals surface area contributed by atoms with Crippen LogP contribution in [0.5, 0.6) is 5.75 Å². The number of hydrogen-bond donors (Lipinski definition) is 1. The van der Waals surface area contributed by atoms with Crippen LogP contribution >= 0.6 is 22.7 Å². The Kier molecular flexibility index (Phi) is 7.21. The van der Waals surface area contributed by atoms with Gasteiger partial charge in [-0.3, -0.25) is 0 Å². The van der Waals surface area contributed by atoms with Crippen molar-refractivity contribution >= 4 is 38.7 Å². The zero-order valence-corrected chi connectivity index (χ0v) is 22.6. The van der Waals surface area contributed by atoms with Gasteiger partial charge in [0, 0.05) is 44.9 Å². The molecule has 192 valence electrons. The van der Waals surface area contributed by atoms with Crippen molar-refractivity contribution in [2.24, 2.45) is 0 Å². The number of carboxylic acids is 1. The number of rotatable bonds is 9. The lowest BCUT2D eigenvalue weighted by atomic mass is 9.97. The first-order valence-corrected chi connectivity index (χ1v) is 14.4. The lowest BCUT2D eigenvalue weighted by molar-refractivity contribution is -0.145. The average molecular weight is 548 g/mol. The fourth-order valence-electron chi connectivity index (χ4n) is 4.74. The molecule has 0 radical (unpaired) electrons. The van der Waals surface area contributed by atoms with E-state index in [4.69, 9.17) is 4.74 Å². The van der Waals surface area contributed by atoms with E-state index < -0.39 is 12.1 Å². The minimum Gasteiger partial charge on any atom is -0.478 e. The van der Waals surface area contributed by atoms with Gasteiger partial charge < -0.3 is 9.84 Å². The molecule has 0 bridgehead atoms. The molecular formula is C33H25NO3S2. The van der Waals surface area contributed by atoms with Gasteiger partial charge in [0.1, 0.15) is 5.75 Å². The molecule has 0 saturated carbocycles. The van der Waals surface area contributed by atoms with Crippen molar-refractivity contribution < 1.29 is 14.6 Å². The third-order valence-corrected chi connectivity index (χ3v) is 8.59. The molecule has 6 heteroatoms. The summed E-state index contributed by atoms with van der Waals surface area (Å²) < 4.78 is 7.12. The summed E-state index contributed by atoms with van der Waals surface area (Å²) in [6.07, 6.45) is 2.05. The van der Waals surface area contributed by atoms with E-state index in [0.717, 1.165) is 28.1 Å². The summed E-state index contributed by atoms with van der Waals surface area (Å²) in [4.78, 5) is 17.6. The summed E-state index contributed by atoms with van der Waals surface area (Å²) in [6, 6.07) is 34.3. The highest BCUT2D eigenvalue weighted by Crippen LogP contribution is 2.40. The van der Waals surface area contributed by atoms with E-state index >= 15 is 0 Å². The number of carbonyl (C=O) groups is 1. The molecule has 0 aliphatic carbocycles. The molecule has 0 aliphatic heterocycles. The molecule has 1 N–H and O–H groups in total. The predicted molar refractivity (Wildman–Crippen MR) is 160 cm³/mol. The van der Waals surface area contributed by atoms with Crippen molar-refractivity contribution in [1.29, 1.82) is 0 Å². The van der Waals surface area contributed by atoms with Gasteiger partial charge in [0.05, 0.1) is 5.01 Å². The lowest BCUT2D eigenvalue weighted by Crippen LogP contribution is -2.29. The van der Waals surface area contributed by atoms with Crippen LogP contribution in [0.3, 0.4) is 0 Å². The van der Waals surface area contributed by atoms with E-state index in [2.05, 4.69) is 53.5 Å². The van der Waals surface area contributed by atoms with Crippen LogP contribution in [-0.4, -0.2) is 22.2 Å². The maximum atomic E-state index is 11.8. The third kappa shape index (κ3) is 5.62. The molecule has 0 fully saturated rings. The Bertz CT molecular complexity index is 1690. The Labute approximate surface area is 234 Å². The first-order valence-electron chi connectivity index (χ1n) is 12.7. The number of thiazole rings is 1. The minimum atomic E-state index is -0.978. The highest BCUT2D eigenvalue weighted by molar-refractivity contribution is 7.20. The Morgan fingerprint density at radius 2 is 1.49 bits per heavy atom. The summed E-state index contributed by atoms with van der Waals surface area (Å²) in [5.41, 5.74) is 5.52. The van der Waals surface area contributed by atoms with Gasteiger partial charge in [-0.2, -0.15) is 0 Å². The molecule has 6 aromatic rings. The van der Waals surface area contributed by atoms with Gasteiger partial charge in [0.15, 0.2) is 6.10 Å². The fraction of sp³-hybridized carbons (Fsp3) is 0.0909. The Morgan fingerprint density at radius 1 is 0.821 bits per heavy atom. The van der Waals surface area contributed by atoms with Crippen molar-refractivity contribution in [3.8, 4) is 28.0 Å². The van der Waals surface area contributed by atoms with E-state index in [1.807, 2.05) is 77.5 Å². The van der Waals surface area contributed by atoms with E-state index in [1.54, 1.807) is 11.3 Å². The van der Waals surface area contributed by atoms with Crippen molar-refractivity contribution in [1.82, 2.24) is 4.98 Å². The monoisotopic (exact) mass is 547 g/mol. The first kappa shape index (κ1) is 25.0. The summed E-state index contributed by atoms with van der Waals surface area (Å²) >= 11 is 3.53. The smallest absolute Gasteiger partial charge is 0.345 e. The number of carboxylic acid groups (broad SMARTS) is 1. The van der Waals surface area contributed by atoms with Crippen LogP contribution in [0.15, 0.2) is 115 Å². The van der Waals surface area contributed by atoms with Gasteiger partial charge in [0.25, 0.3) is 0 Å². The number of nitrogens with zero attached hydrogens (tertiary/aromatic N) is 1. The van der Waals surface area contributed by atoms with E-state index in [-0.39, 0.29) is 0 Å². The molecule has 0 spiro atoms. The average Bonchev–Trinajstić information content (AvgIpc) is 3.61. The largest absolute Gasteiger partial charge is 0.478 e. The number of aliphatic carboxylic acids is 1. The van der Waals surface area contributed by atoms with Gasteiger partial charge in [-0.1, -0.05) is 84.9 Å². The second-order valence-electron chi connectivity index (χ2n) is 9.24. The number of benzene rings is 4. The summed E-state index contributed by atoms with van der Waals surface area (Å²) in [7, 11) is 0. The number of fused-ring (bicyclic) bond motifs is 1. The van der Waals surface area contributed by atoms with Crippen LogP contribution in [-0.2, 0) is 17.6 Å².